The van der Waals surface area contributed by atoms with Crippen LogP contribution in [0.25, 0.3) is 0 Å². The number of hydrogen-bond acceptors (Lipinski definition) is 4. The fourth-order valence-corrected chi connectivity index (χ4v) is 5.82. The van der Waals surface area contributed by atoms with Crippen LogP contribution in [0, 0.1) is 0 Å². The van der Waals surface area contributed by atoms with Crippen molar-refractivity contribution >= 4 is 11.6 Å². The molecule has 0 saturated heterocycles. The molecule has 0 fully saturated rings. The van der Waals surface area contributed by atoms with Crippen LogP contribution in [0.3, 0.4) is 0 Å². The molecule has 5 rings (SSSR count). The molecule has 0 unspecified atom stereocenters. The second-order valence-electron chi connectivity index (χ2n) is 11.2. The van der Waals surface area contributed by atoms with E-state index in [4.69, 9.17) is 16.3 Å². The number of halogens is 4. The van der Waals surface area contributed by atoms with Gasteiger partial charge in [0.1, 0.15) is 11.6 Å². The van der Waals surface area contributed by atoms with Gasteiger partial charge in [-0.3, -0.25) is 4.90 Å². The van der Waals surface area contributed by atoms with Gasteiger partial charge in [-0.25, -0.2) is 4.98 Å². The van der Waals surface area contributed by atoms with Gasteiger partial charge in [0.15, 0.2) is 0 Å². The Hall–Kier alpha value is -4.11. The smallest absolute Gasteiger partial charge is 0.417 e. The largest absolute Gasteiger partial charge is 0.494 e. The first kappa shape index (κ1) is 33.3. The fraction of sp³-hybridized carbons (Fsp3) is 0.270. The monoisotopic (exact) mass is 646 g/mol. The van der Waals surface area contributed by atoms with Crippen LogP contribution in [0.1, 0.15) is 46.0 Å². The Labute approximate surface area is 273 Å². The van der Waals surface area contributed by atoms with Crippen LogP contribution in [0.5, 0.6) is 5.75 Å². The molecule has 0 spiro atoms. The minimum atomic E-state index is -4.52. The van der Waals surface area contributed by atoms with E-state index < -0.39 is 11.7 Å². The number of rotatable bonds is 16. The van der Waals surface area contributed by atoms with Gasteiger partial charge in [0.25, 0.3) is 0 Å². The van der Waals surface area contributed by atoms with Crippen molar-refractivity contribution in [2.45, 2.75) is 38.0 Å². The summed E-state index contributed by atoms with van der Waals surface area (Å²) in [5, 5.41) is 3.14. The van der Waals surface area contributed by atoms with Gasteiger partial charge in [0, 0.05) is 37.9 Å². The van der Waals surface area contributed by atoms with Crippen LogP contribution in [-0.2, 0) is 25.7 Å². The number of nitrogens with zero attached hydrogens (tertiary/aromatic N) is 2. The summed E-state index contributed by atoms with van der Waals surface area (Å²) in [5.41, 5.74) is 3.08. The summed E-state index contributed by atoms with van der Waals surface area (Å²) < 4.78 is 47.2. The van der Waals surface area contributed by atoms with Crippen molar-refractivity contribution in [2.24, 2.45) is 0 Å². The van der Waals surface area contributed by atoms with E-state index in [2.05, 4.69) is 56.6 Å². The highest BCUT2D eigenvalue weighted by Crippen LogP contribution is 2.37. The number of ether oxygens (including phenoxy) is 1. The second kappa shape index (κ2) is 16.5. The molecule has 5 nitrogen and oxygen atoms in total. The van der Waals surface area contributed by atoms with Crippen LogP contribution in [0.15, 0.2) is 116 Å². The standard InChI is InChI=1S/C37H38ClF3N4O/c38-36-31(15-8-17-34(36)37(39,40)41)26-45(27-33(29-11-3-1-4-12-29)30-13-5-2-6-14-30)22-9-23-46-32-16-7-10-28(24-32)18-19-42-25-35-43-20-21-44-35/h1-8,10-17,20-21,24,33,42H,9,18-19,22-23,25-27H2,(H,43,44). The van der Waals surface area contributed by atoms with Crippen molar-refractivity contribution in [3.8, 4) is 5.75 Å². The maximum atomic E-state index is 13.7. The van der Waals surface area contributed by atoms with E-state index in [1.165, 1.54) is 11.6 Å². The molecule has 0 bridgehead atoms. The van der Waals surface area contributed by atoms with E-state index in [1.807, 2.05) is 54.7 Å². The molecular formula is C37H38ClF3N4O. The van der Waals surface area contributed by atoms with Crippen LogP contribution < -0.4 is 10.1 Å². The lowest BCUT2D eigenvalue weighted by atomic mass is 9.90. The third kappa shape index (κ3) is 9.69. The van der Waals surface area contributed by atoms with Gasteiger partial charge in [0.2, 0.25) is 0 Å². The molecular weight excluding hydrogens is 609 g/mol. The number of aromatic amines is 1. The number of aromatic nitrogens is 2. The van der Waals surface area contributed by atoms with Crippen LogP contribution in [-0.4, -0.2) is 41.1 Å². The summed E-state index contributed by atoms with van der Waals surface area (Å²) in [6, 6.07) is 32.6. The van der Waals surface area contributed by atoms with Crippen LogP contribution in [0.4, 0.5) is 13.2 Å². The summed E-state index contributed by atoms with van der Waals surface area (Å²) in [4.78, 5) is 9.48. The van der Waals surface area contributed by atoms with E-state index >= 15 is 0 Å². The van der Waals surface area contributed by atoms with Crippen molar-refractivity contribution in [3.63, 3.8) is 0 Å². The van der Waals surface area contributed by atoms with Crippen molar-refractivity contribution in [1.29, 1.82) is 0 Å². The third-order valence-electron chi connectivity index (χ3n) is 7.85. The lowest BCUT2D eigenvalue weighted by Crippen LogP contribution is -2.31. The molecule has 4 aromatic carbocycles. The number of alkyl halides is 3. The molecule has 9 heteroatoms. The molecule has 0 amide bonds. The van der Waals surface area contributed by atoms with Gasteiger partial charge in [-0.15, -0.1) is 0 Å². The van der Waals surface area contributed by atoms with Gasteiger partial charge in [0.05, 0.1) is 23.7 Å². The lowest BCUT2D eigenvalue weighted by Gasteiger charge is -2.29. The Morgan fingerprint density at radius 1 is 0.891 bits per heavy atom. The number of H-pyrrole nitrogens is 1. The molecule has 0 aliphatic carbocycles. The van der Waals surface area contributed by atoms with Crippen LogP contribution in [0.2, 0.25) is 5.02 Å². The van der Waals surface area contributed by atoms with Crippen molar-refractivity contribution < 1.29 is 17.9 Å². The Bertz CT molecular complexity index is 1580. The van der Waals surface area contributed by atoms with Crippen molar-refractivity contribution in [2.75, 3.05) is 26.2 Å². The molecule has 0 atom stereocenters. The zero-order valence-electron chi connectivity index (χ0n) is 25.5. The topological polar surface area (TPSA) is 53.2 Å². The summed E-state index contributed by atoms with van der Waals surface area (Å²) >= 11 is 6.36. The van der Waals surface area contributed by atoms with E-state index in [1.54, 1.807) is 12.3 Å². The van der Waals surface area contributed by atoms with E-state index in [-0.39, 0.29) is 17.5 Å². The fourth-order valence-electron chi connectivity index (χ4n) is 5.53. The Kier molecular flexibility index (Phi) is 11.9. The second-order valence-corrected chi connectivity index (χ2v) is 11.6. The van der Waals surface area contributed by atoms with E-state index in [0.29, 0.717) is 38.2 Å². The summed E-state index contributed by atoms with van der Waals surface area (Å²) in [7, 11) is 0. The average Bonchev–Trinajstić information content (AvgIpc) is 3.59. The number of hydrogen-bond donors (Lipinski definition) is 2. The maximum absolute atomic E-state index is 13.7. The Morgan fingerprint density at radius 3 is 2.28 bits per heavy atom. The predicted octanol–water partition coefficient (Wildman–Crippen LogP) is 8.52. The molecule has 0 saturated carbocycles. The number of benzene rings is 4. The first-order valence-electron chi connectivity index (χ1n) is 15.4. The molecule has 0 aliphatic rings. The zero-order chi connectivity index (χ0) is 32.2. The highest BCUT2D eigenvalue weighted by molar-refractivity contribution is 6.32. The summed E-state index contributed by atoms with van der Waals surface area (Å²) in [6.45, 7) is 3.44. The Balaban J connectivity index is 1.25. The molecule has 0 radical (unpaired) electrons. The maximum Gasteiger partial charge on any atom is 0.417 e. The normalized spacial score (nSPS) is 11.8. The molecule has 0 aliphatic heterocycles. The zero-order valence-corrected chi connectivity index (χ0v) is 26.3. The Morgan fingerprint density at radius 2 is 1.61 bits per heavy atom. The van der Waals surface area contributed by atoms with Crippen molar-refractivity contribution in [3.05, 3.63) is 154 Å². The van der Waals surface area contributed by atoms with Gasteiger partial charge in [-0.2, -0.15) is 13.2 Å². The minimum Gasteiger partial charge on any atom is -0.494 e. The van der Waals surface area contributed by atoms with E-state index in [0.717, 1.165) is 41.7 Å². The quantitative estimate of drug-likeness (QED) is 0.106. The predicted molar refractivity (Wildman–Crippen MR) is 177 cm³/mol. The SMILES string of the molecule is FC(F)(F)c1cccc(CN(CCCOc2cccc(CCNCc3ncc[nH]3)c2)CC(c2ccccc2)c2ccccc2)c1Cl. The average molecular weight is 647 g/mol. The highest BCUT2D eigenvalue weighted by Gasteiger charge is 2.34. The first-order chi connectivity index (χ1) is 22.4. The van der Waals surface area contributed by atoms with Gasteiger partial charge in [-0.1, -0.05) is 96.5 Å². The van der Waals surface area contributed by atoms with Crippen molar-refractivity contribution in [1.82, 2.24) is 20.2 Å². The molecule has 5 aromatic rings. The first-order valence-corrected chi connectivity index (χ1v) is 15.8. The highest BCUT2D eigenvalue weighted by atomic mass is 35.5. The summed E-state index contributed by atoms with van der Waals surface area (Å²) in [6.07, 6.45) is 0.558. The van der Waals surface area contributed by atoms with Gasteiger partial charge < -0.3 is 15.0 Å². The number of nitrogens with one attached hydrogen (secondary N) is 2. The molecule has 1 aromatic heterocycles. The third-order valence-corrected chi connectivity index (χ3v) is 8.29. The molecule has 240 valence electrons. The minimum absolute atomic E-state index is 0.0194. The lowest BCUT2D eigenvalue weighted by molar-refractivity contribution is -0.137. The molecule has 2 N–H and O–H groups in total. The summed E-state index contributed by atoms with van der Waals surface area (Å²) in [5.74, 6) is 1.72. The van der Waals surface area contributed by atoms with Gasteiger partial charge >= 0.3 is 6.18 Å². The van der Waals surface area contributed by atoms with Gasteiger partial charge in [-0.05, 0) is 59.8 Å². The number of imidazole rings is 1. The van der Waals surface area contributed by atoms with Crippen LogP contribution >= 0.6 is 11.6 Å². The molecule has 1 heterocycles. The molecule has 46 heavy (non-hydrogen) atoms. The van der Waals surface area contributed by atoms with E-state index in [9.17, 15) is 13.2 Å².